The smallest absolute Gasteiger partial charge is 0.251 e. The Morgan fingerprint density at radius 3 is 2.39 bits per heavy atom. The van der Waals surface area contributed by atoms with E-state index in [0.29, 0.717) is 25.2 Å². The number of carbonyl (C=O) groups is 1. The molecule has 3 rings (SSSR count). The van der Waals surface area contributed by atoms with Gasteiger partial charge in [-0.1, -0.05) is 18.2 Å². The lowest BCUT2D eigenvalue weighted by molar-refractivity contribution is 0.0956. The van der Waals surface area contributed by atoms with E-state index in [0.717, 1.165) is 35.1 Å². The highest BCUT2D eigenvalue weighted by molar-refractivity contribution is 5.94. The van der Waals surface area contributed by atoms with Gasteiger partial charge in [0.25, 0.3) is 5.91 Å². The van der Waals surface area contributed by atoms with Gasteiger partial charge in [-0.3, -0.25) is 4.79 Å². The van der Waals surface area contributed by atoms with E-state index in [2.05, 4.69) is 20.9 Å². The van der Waals surface area contributed by atoms with Crippen LogP contribution in [0.3, 0.4) is 0 Å². The minimum Gasteiger partial charge on any atom is -0.454 e. The number of guanidine groups is 1. The molecule has 1 aliphatic heterocycles. The van der Waals surface area contributed by atoms with Gasteiger partial charge in [-0.2, -0.15) is 0 Å². The summed E-state index contributed by atoms with van der Waals surface area (Å²) in [5, 5.41) is 9.35. The Labute approximate surface area is 165 Å². The average molecular weight is 382 g/mol. The Morgan fingerprint density at radius 2 is 1.64 bits per heavy atom. The van der Waals surface area contributed by atoms with Gasteiger partial charge in [0.1, 0.15) is 0 Å². The molecule has 0 atom stereocenters. The fourth-order valence-corrected chi connectivity index (χ4v) is 2.77. The third kappa shape index (κ3) is 5.16. The Hall–Kier alpha value is -3.22. The van der Waals surface area contributed by atoms with Gasteiger partial charge >= 0.3 is 0 Å². The lowest BCUT2D eigenvalue weighted by atomic mass is 10.1. The van der Waals surface area contributed by atoms with E-state index in [1.807, 2.05) is 56.3 Å². The molecule has 148 valence electrons. The van der Waals surface area contributed by atoms with E-state index < -0.39 is 0 Å². The summed E-state index contributed by atoms with van der Waals surface area (Å²) in [5.74, 6) is 2.21. The van der Waals surface area contributed by atoms with Crippen molar-refractivity contribution in [3.8, 4) is 11.5 Å². The van der Waals surface area contributed by atoms with Crippen molar-refractivity contribution in [1.82, 2.24) is 16.0 Å². The van der Waals surface area contributed by atoms with Crippen LogP contribution in [0.15, 0.2) is 47.5 Å². The average Bonchev–Trinajstić information content (AvgIpc) is 3.18. The topological polar surface area (TPSA) is 84.0 Å². The minimum absolute atomic E-state index is 0.0550. The standard InChI is InChI=1S/C21H26N4O3/c1-3-22-20(26)17-8-5-15(6-9-17)12-24-21(23-4-2)25-13-16-7-10-18-19(11-16)28-14-27-18/h5-11H,3-4,12-14H2,1-2H3,(H,22,26)(H2,23,24,25). The molecule has 7 nitrogen and oxygen atoms in total. The normalized spacial score (nSPS) is 12.6. The number of hydrogen-bond donors (Lipinski definition) is 3. The van der Waals surface area contributed by atoms with E-state index in [1.54, 1.807) is 0 Å². The highest BCUT2D eigenvalue weighted by Gasteiger charge is 2.13. The molecule has 0 fully saturated rings. The van der Waals surface area contributed by atoms with E-state index in [-0.39, 0.29) is 12.7 Å². The number of aliphatic imine (C=N–C) groups is 1. The van der Waals surface area contributed by atoms with Gasteiger partial charge in [0.2, 0.25) is 6.79 Å². The number of fused-ring (bicyclic) bond motifs is 1. The lowest BCUT2D eigenvalue weighted by Crippen LogP contribution is -2.36. The van der Waals surface area contributed by atoms with Gasteiger partial charge < -0.3 is 25.4 Å². The van der Waals surface area contributed by atoms with Crippen LogP contribution < -0.4 is 25.4 Å². The first-order valence-corrected chi connectivity index (χ1v) is 9.47. The van der Waals surface area contributed by atoms with E-state index in [4.69, 9.17) is 9.47 Å². The molecule has 2 aromatic rings. The van der Waals surface area contributed by atoms with Crippen LogP contribution in [0.1, 0.15) is 35.3 Å². The molecule has 7 heteroatoms. The summed E-state index contributed by atoms with van der Waals surface area (Å²) >= 11 is 0. The first-order valence-electron chi connectivity index (χ1n) is 9.47. The van der Waals surface area contributed by atoms with Crippen molar-refractivity contribution in [2.75, 3.05) is 19.9 Å². The fraction of sp³-hybridized carbons (Fsp3) is 0.333. The maximum Gasteiger partial charge on any atom is 0.251 e. The van der Waals surface area contributed by atoms with E-state index in [1.165, 1.54) is 0 Å². The van der Waals surface area contributed by atoms with Crippen LogP contribution >= 0.6 is 0 Å². The summed E-state index contributed by atoms with van der Waals surface area (Å²) in [6.07, 6.45) is 0. The molecule has 0 unspecified atom stereocenters. The number of nitrogens with one attached hydrogen (secondary N) is 3. The number of carbonyl (C=O) groups excluding carboxylic acids is 1. The zero-order chi connectivity index (χ0) is 19.8. The number of benzene rings is 2. The van der Waals surface area contributed by atoms with Crippen molar-refractivity contribution in [2.45, 2.75) is 26.9 Å². The number of amides is 1. The van der Waals surface area contributed by atoms with Crippen LogP contribution in [0.4, 0.5) is 0 Å². The van der Waals surface area contributed by atoms with Gasteiger partial charge in [-0.15, -0.1) is 0 Å². The predicted molar refractivity (Wildman–Crippen MR) is 109 cm³/mol. The highest BCUT2D eigenvalue weighted by atomic mass is 16.7. The Morgan fingerprint density at radius 1 is 0.929 bits per heavy atom. The van der Waals surface area contributed by atoms with E-state index >= 15 is 0 Å². The summed E-state index contributed by atoms with van der Waals surface area (Å²) in [4.78, 5) is 16.5. The molecule has 1 aliphatic rings. The van der Waals surface area contributed by atoms with Crippen molar-refractivity contribution in [3.63, 3.8) is 0 Å². The van der Waals surface area contributed by atoms with Crippen LogP contribution in [-0.4, -0.2) is 31.7 Å². The molecular weight excluding hydrogens is 356 g/mol. The monoisotopic (exact) mass is 382 g/mol. The molecule has 1 heterocycles. The minimum atomic E-state index is -0.0550. The summed E-state index contributed by atoms with van der Waals surface area (Å²) < 4.78 is 10.7. The highest BCUT2D eigenvalue weighted by Crippen LogP contribution is 2.32. The second kappa shape index (κ2) is 9.64. The van der Waals surface area contributed by atoms with Crippen molar-refractivity contribution >= 4 is 11.9 Å². The maximum atomic E-state index is 11.8. The molecule has 0 aromatic heterocycles. The Bertz CT molecular complexity index is 834. The maximum absolute atomic E-state index is 11.8. The summed E-state index contributed by atoms with van der Waals surface area (Å²) in [6.45, 7) is 6.73. The molecule has 3 N–H and O–H groups in total. The van der Waals surface area contributed by atoms with Gasteiger partial charge in [0.15, 0.2) is 17.5 Å². The summed E-state index contributed by atoms with van der Waals surface area (Å²) in [6, 6.07) is 13.4. The van der Waals surface area contributed by atoms with Crippen LogP contribution in [0, 0.1) is 0 Å². The van der Waals surface area contributed by atoms with Crippen molar-refractivity contribution in [2.24, 2.45) is 4.99 Å². The van der Waals surface area contributed by atoms with Gasteiger partial charge in [0, 0.05) is 25.2 Å². The molecule has 0 saturated carbocycles. The SMILES string of the molecule is CCNC(=O)c1ccc(CNC(=NCc2ccc3c(c2)OCO3)NCC)cc1. The molecule has 0 aliphatic carbocycles. The molecule has 1 amide bonds. The van der Waals surface area contributed by atoms with Gasteiger partial charge in [-0.05, 0) is 49.2 Å². The first kappa shape index (κ1) is 19.5. The molecule has 28 heavy (non-hydrogen) atoms. The van der Waals surface area contributed by atoms with Crippen LogP contribution in [0.5, 0.6) is 11.5 Å². The molecule has 0 bridgehead atoms. The second-order valence-corrected chi connectivity index (χ2v) is 6.29. The first-order chi connectivity index (χ1) is 13.7. The quantitative estimate of drug-likeness (QED) is 0.506. The molecule has 0 spiro atoms. The second-order valence-electron chi connectivity index (χ2n) is 6.29. The third-order valence-electron chi connectivity index (χ3n) is 4.21. The Kier molecular flexibility index (Phi) is 6.73. The van der Waals surface area contributed by atoms with E-state index in [9.17, 15) is 4.79 Å². The van der Waals surface area contributed by atoms with Crippen LogP contribution in [0.2, 0.25) is 0 Å². The number of rotatable bonds is 7. The number of nitrogens with zero attached hydrogens (tertiary/aromatic N) is 1. The molecule has 2 aromatic carbocycles. The third-order valence-corrected chi connectivity index (χ3v) is 4.21. The van der Waals surface area contributed by atoms with Crippen molar-refractivity contribution < 1.29 is 14.3 Å². The summed E-state index contributed by atoms with van der Waals surface area (Å²) in [7, 11) is 0. The predicted octanol–water partition coefficient (Wildman–Crippen LogP) is 2.42. The molecule has 0 saturated heterocycles. The zero-order valence-corrected chi connectivity index (χ0v) is 16.2. The van der Waals surface area contributed by atoms with Crippen LogP contribution in [-0.2, 0) is 13.1 Å². The summed E-state index contributed by atoms with van der Waals surface area (Å²) in [5.41, 5.74) is 2.78. The lowest BCUT2D eigenvalue weighted by Gasteiger charge is -2.12. The van der Waals surface area contributed by atoms with Crippen molar-refractivity contribution in [3.05, 3.63) is 59.2 Å². The fourth-order valence-electron chi connectivity index (χ4n) is 2.77. The molecular formula is C21H26N4O3. The largest absolute Gasteiger partial charge is 0.454 e. The molecule has 0 radical (unpaired) electrons. The van der Waals surface area contributed by atoms with Crippen molar-refractivity contribution in [1.29, 1.82) is 0 Å². The van der Waals surface area contributed by atoms with Gasteiger partial charge in [0.05, 0.1) is 6.54 Å². The zero-order valence-electron chi connectivity index (χ0n) is 16.2. The number of ether oxygens (including phenoxy) is 2. The number of hydrogen-bond acceptors (Lipinski definition) is 4. The van der Waals surface area contributed by atoms with Gasteiger partial charge in [-0.25, -0.2) is 4.99 Å². The Balaban J connectivity index is 1.58. The van der Waals surface area contributed by atoms with Crippen LogP contribution in [0.25, 0.3) is 0 Å².